The molecule has 0 spiro atoms. The minimum Gasteiger partial charge on any atom is -0.347 e. The van der Waals surface area contributed by atoms with E-state index in [0.29, 0.717) is 12.4 Å². The Kier molecular flexibility index (Phi) is 3.05. The molecule has 13 heavy (non-hydrogen) atoms. The third-order valence-corrected chi connectivity index (χ3v) is 3.58. The minimum atomic E-state index is -3.10. The van der Waals surface area contributed by atoms with E-state index in [9.17, 15) is 8.42 Å². The summed E-state index contributed by atoms with van der Waals surface area (Å²) in [4.78, 5) is 6.79. The number of aromatic nitrogens is 2. The molecule has 74 valence electrons. The Bertz CT molecular complexity index is 344. The second-order valence-electron chi connectivity index (χ2n) is 2.69. The SMILES string of the molecule is CCS(=O)(=O)N(C)Cc1ncc[nH]1. The summed E-state index contributed by atoms with van der Waals surface area (Å²) < 4.78 is 23.9. The maximum absolute atomic E-state index is 11.3. The molecular weight excluding hydrogens is 190 g/mol. The van der Waals surface area contributed by atoms with Crippen molar-refractivity contribution in [1.29, 1.82) is 0 Å². The summed E-state index contributed by atoms with van der Waals surface area (Å²) in [5.41, 5.74) is 0. The molecule has 0 amide bonds. The van der Waals surface area contributed by atoms with E-state index in [2.05, 4.69) is 9.97 Å². The number of aromatic amines is 1. The fourth-order valence-electron chi connectivity index (χ4n) is 0.914. The molecule has 0 bridgehead atoms. The van der Waals surface area contributed by atoms with Gasteiger partial charge in [0, 0.05) is 19.4 Å². The van der Waals surface area contributed by atoms with Crippen LogP contribution in [0.5, 0.6) is 0 Å². The molecule has 1 aromatic heterocycles. The van der Waals surface area contributed by atoms with Crippen LogP contribution in [-0.2, 0) is 16.6 Å². The first-order valence-electron chi connectivity index (χ1n) is 3.98. The third kappa shape index (κ3) is 2.53. The first kappa shape index (κ1) is 10.2. The maximum atomic E-state index is 11.3. The molecule has 0 aliphatic carbocycles. The van der Waals surface area contributed by atoms with Crippen LogP contribution in [0.4, 0.5) is 0 Å². The highest BCUT2D eigenvalue weighted by Gasteiger charge is 2.15. The van der Waals surface area contributed by atoms with Crippen molar-refractivity contribution in [3.05, 3.63) is 18.2 Å². The molecule has 5 nitrogen and oxygen atoms in total. The Labute approximate surface area is 77.8 Å². The van der Waals surface area contributed by atoms with Crippen molar-refractivity contribution in [2.45, 2.75) is 13.5 Å². The summed E-state index contributed by atoms with van der Waals surface area (Å²) in [7, 11) is -1.56. The van der Waals surface area contributed by atoms with Gasteiger partial charge in [0.2, 0.25) is 10.0 Å². The van der Waals surface area contributed by atoms with Gasteiger partial charge >= 0.3 is 0 Å². The fraction of sp³-hybridized carbons (Fsp3) is 0.571. The van der Waals surface area contributed by atoms with Gasteiger partial charge in [-0.15, -0.1) is 0 Å². The normalized spacial score (nSPS) is 12.2. The number of hydrogen-bond donors (Lipinski definition) is 1. The van der Waals surface area contributed by atoms with Gasteiger partial charge in [0.25, 0.3) is 0 Å². The monoisotopic (exact) mass is 203 g/mol. The number of imidazole rings is 1. The molecule has 0 saturated heterocycles. The summed E-state index contributed by atoms with van der Waals surface area (Å²) in [5.74, 6) is 0.768. The van der Waals surface area contributed by atoms with Crippen LogP contribution in [-0.4, -0.2) is 35.5 Å². The topological polar surface area (TPSA) is 66.1 Å². The molecular formula is C7H13N3O2S. The van der Waals surface area contributed by atoms with E-state index in [1.807, 2.05) is 0 Å². The van der Waals surface area contributed by atoms with E-state index in [1.165, 1.54) is 4.31 Å². The van der Waals surface area contributed by atoms with E-state index in [-0.39, 0.29) is 5.75 Å². The van der Waals surface area contributed by atoms with Gasteiger partial charge in [-0.1, -0.05) is 0 Å². The summed E-state index contributed by atoms with van der Waals surface area (Å²) in [5, 5.41) is 0. The number of hydrogen-bond acceptors (Lipinski definition) is 3. The molecule has 0 unspecified atom stereocenters. The summed E-state index contributed by atoms with van der Waals surface area (Å²) in [6.45, 7) is 1.91. The predicted octanol–water partition coefficient (Wildman–Crippen LogP) is 0.191. The van der Waals surface area contributed by atoms with Crippen molar-refractivity contribution in [3.8, 4) is 0 Å². The van der Waals surface area contributed by atoms with Crippen LogP contribution in [0, 0.1) is 0 Å². The molecule has 0 aromatic carbocycles. The third-order valence-electron chi connectivity index (χ3n) is 1.77. The van der Waals surface area contributed by atoms with Crippen LogP contribution in [0.15, 0.2) is 12.4 Å². The Morgan fingerprint density at radius 2 is 2.31 bits per heavy atom. The molecule has 0 aliphatic heterocycles. The fourth-order valence-corrected chi connectivity index (χ4v) is 1.67. The molecule has 0 saturated carbocycles. The van der Waals surface area contributed by atoms with Gasteiger partial charge in [-0.25, -0.2) is 13.4 Å². The minimum absolute atomic E-state index is 0.115. The second kappa shape index (κ2) is 3.89. The molecule has 0 atom stereocenters. The van der Waals surface area contributed by atoms with E-state index in [4.69, 9.17) is 0 Å². The zero-order valence-electron chi connectivity index (χ0n) is 7.69. The van der Waals surface area contributed by atoms with Gasteiger partial charge in [-0.3, -0.25) is 0 Å². The molecule has 1 N–H and O–H groups in total. The van der Waals surface area contributed by atoms with E-state index in [1.54, 1.807) is 26.4 Å². The highest BCUT2D eigenvalue weighted by atomic mass is 32.2. The highest BCUT2D eigenvalue weighted by Crippen LogP contribution is 2.02. The highest BCUT2D eigenvalue weighted by molar-refractivity contribution is 7.89. The van der Waals surface area contributed by atoms with Crippen molar-refractivity contribution in [3.63, 3.8) is 0 Å². The van der Waals surface area contributed by atoms with Crippen LogP contribution >= 0.6 is 0 Å². The Balaban J connectivity index is 2.66. The van der Waals surface area contributed by atoms with Gasteiger partial charge in [0.05, 0.1) is 12.3 Å². The Morgan fingerprint density at radius 1 is 1.62 bits per heavy atom. The lowest BCUT2D eigenvalue weighted by atomic mass is 10.6. The largest absolute Gasteiger partial charge is 0.347 e. The van der Waals surface area contributed by atoms with Crippen molar-refractivity contribution in [2.75, 3.05) is 12.8 Å². The van der Waals surface area contributed by atoms with Gasteiger partial charge in [0.1, 0.15) is 5.82 Å². The molecule has 0 radical (unpaired) electrons. The lowest BCUT2D eigenvalue weighted by Gasteiger charge is -2.13. The molecule has 0 fully saturated rings. The van der Waals surface area contributed by atoms with Crippen molar-refractivity contribution in [1.82, 2.24) is 14.3 Å². The second-order valence-corrected chi connectivity index (χ2v) is 5.06. The van der Waals surface area contributed by atoms with Crippen LogP contribution in [0.3, 0.4) is 0 Å². The average Bonchev–Trinajstić information content (AvgIpc) is 2.57. The van der Waals surface area contributed by atoms with Gasteiger partial charge in [0.15, 0.2) is 0 Å². The molecule has 1 aromatic rings. The summed E-state index contributed by atoms with van der Waals surface area (Å²) in [6, 6.07) is 0. The standard InChI is InChI=1S/C7H13N3O2S/c1-3-13(11,12)10(2)6-7-8-4-5-9-7/h4-5H,3,6H2,1-2H3,(H,8,9). The maximum Gasteiger partial charge on any atom is 0.213 e. The molecule has 6 heteroatoms. The van der Waals surface area contributed by atoms with Gasteiger partial charge in [-0.2, -0.15) is 4.31 Å². The number of H-pyrrole nitrogens is 1. The van der Waals surface area contributed by atoms with Gasteiger partial charge in [-0.05, 0) is 6.92 Å². The number of nitrogens with one attached hydrogen (secondary N) is 1. The average molecular weight is 203 g/mol. The van der Waals surface area contributed by atoms with Crippen LogP contribution in [0.1, 0.15) is 12.7 Å². The predicted molar refractivity (Wildman–Crippen MR) is 49.5 cm³/mol. The smallest absolute Gasteiger partial charge is 0.213 e. The van der Waals surface area contributed by atoms with Crippen LogP contribution < -0.4 is 0 Å². The van der Waals surface area contributed by atoms with Crippen molar-refractivity contribution < 1.29 is 8.42 Å². The van der Waals surface area contributed by atoms with Crippen molar-refractivity contribution >= 4 is 10.0 Å². The Hall–Kier alpha value is -0.880. The quantitative estimate of drug-likeness (QED) is 0.759. The van der Waals surface area contributed by atoms with Crippen LogP contribution in [0.2, 0.25) is 0 Å². The lowest BCUT2D eigenvalue weighted by Crippen LogP contribution is -2.28. The lowest BCUT2D eigenvalue weighted by molar-refractivity contribution is 0.459. The molecule has 1 rings (SSSR count). The molecule has 1 heterocycles. The Morgan fingerprint density at radius 3 is 2.77 bits per heavy atom. The zero-order valence-corrected chi connectivity index (χ0v) is 8.50. The number of sulfonamides is 1. The first-order valence-corrected chi connectivity index (χ1v) is 5.59. The van der Waals surface area contributed by atoms with Crippen LogP contribution in [0.25, 0.3) is 0 Å². The van der Waals surface area contributed by atoms with E-state index >= 15 is 0 Å². The first-order chi connectivity index (χ1) is 6.06. The van der Waals surface area contributed by atoms with Gasteiger partial charge < -0.3 is 4.98 Å². The zero-order chi connectivity index (χ0) is 9.90. The summed E-state index contributed by atoms with van der Waals surface area (Å²) >= 11 is 0. The summed E-state index contributed by atoms with van der Waals surface area (Å²) in [6.07, 6.45) is 3.27. The number of nitrogens with zero attached hydrogens (tertiary/aromatic N) is 2. The molecule has 0 aliphatic rings. The van der Waals surface area contributed by atoms with E-state index in [0.717, 1.165) is 0 Å². The number of rotatable bonds is 4. The van der Waals surface area contributed by atoms with E-state index < -0.39 is 10.0 Å². The van der Waals surface area contributed by atoms with Crippen molar-refractivity contribution in [2.24, 2.45) is 0 Å².